The second kappa shape index (κ2) is 7.41. The quantitative estimate of drug-likeness (QED) is 0.611. The van der Waals surface area contributed by atoms with Gasteiger partial charge < -0.3 is 20.3 Å². The Kier molecular flexibility index (Phi) is 5.36. The van der Waals surface area contributed by atoms with Gasteiger partial charge in [0.2, 0.25) is 5.95 Å². The fourth-order valence-corrected chi connectivity index (χ4v) is 4.29. The number of ether oxygens (including phenoxy) is 2. The zero-order chi connectivity index (χ0) is 19.9. The molecule has 4 N–H and O–H groups in total. The molecule has 27 heavy (non-hydrogen) atoms. The van der Waals surface area contributed by atoms with Crippen LogP contribution in [0.2, 0.25) is 0 Å². The van der Waals surface area contributed by atoms with Crippen molar-refractivity contribution < 1.29 is 19.4 Å². The minimum Gasteiger partial charge on any atom is -0.460 e. The molecule has 3 rings (SSSR count). The molecule has 1 saturated heterocycles. The van der Waals surface area contributed by atoms with Crippen LogP contribution in [0.4, 0.5) is 5.95 Å². The van der Waals surface area contributed by atoms with Crippen LogP contribution in [-0.2, 0) is 14.3 Å². The van der Waals surface area contributed by atoms with Crippen LogP contribution in [0.5, 0.6) is 0 Å². The number of thiazole rings is 1. The molecule has 0 amide bonds. The van der Waals surface area contributed by atoms with Gasteiger partial charge in [0.15, 0.2) is 5.65 Å². The van der Waals surface area contributed by atoms with Gasteiger partial charge in [-0.1, -0.05) is 18.3 Å². The van der Waals surface area contributed by atoms with Crippen molar-refractivity contribution in [2.45, 2.75) is 58.2 Å². The second-order valence-corrected chi connectivity index (χ2v) is 7.56. The van der Waals surface area contributed by atoms with Gasteiger partial charge in [0.25, 0.3) is 5.56 Å². The van der Waals surface area contributed by atoms with E-state index >= 15 is 0 Å². The molecule has 3 heterocycles. The van der Waals surface area contributed by atoms with Crippen molar-refractivity contribution in [1.82, 2.24) is 14.5 Å². The smallest absolute Gasteiger partial charge is 0.311 e. The number of aliphatic hydroxyl groups excluding tert-OH is 1. The summed E-state index contributed by atoms with van der Waals surface area (Å²) < 4.78 is 12.7. The van der Waals surface area contributed by atoms with Crippen LogP contribution in [0.1, 0.15) is 39.8 Å². The molecule has 10 nitrogen and oxygen atoms in total. The number of esters is 1. The van der Waals surface area contributed by atoms with Crippen molar-refractivity contribution in [2.75, 3.05) is 5.73 Å². The Morgan fingerprint density at radius 1 is 1.56 bits per heavy atom. The molecule has 0 saturated carbocycles. The summed E-state index contributed by atoms with van der Waals surface area (Å²) in [6.45, 7) is 4.77. The van der Waals surface area contributed by atoms with Gasteiger partial charge in [-0.25, -0.2) is 0 Å². The maximum Gasteiger partial charge on any atom is 0.311 e. The van der Waals surface area contributed by atoms with E-state index in [1.165, 1.54) is 11.5 Å². The summed E-state index contributed by atoms with van der Waals surface area (Å²) >= 11 is 0.739. The molecular formula is C16H22N4O6S. The molecule has 0 aromatic carbocycles. The summed E-state index contributed by atoms with van der Waals surface area (Å²) in [5.74, 6) is -0.993. The molecule has 1 fully saturated rings. The van der Waals surface area contributed by atoms with Crippen molar-refractivity contribution in [3.63, 3.8) is 0 Å². The summed E-state index contributed by atoms with van der Waals surface area (Å²) in [6.07, 6.45) is -1.74. The van der Waals surface area contributed by atoms with Crippen LogP contribution >= 0.6 is 11.3 Å². The Labute approximate surface area is 157 Å². The van der Waals surface area contributed by atoms with E-state index in [2.05, 4.69) is 9.97 Å². The van der Waals surface area contributed by atoms with Crippen LogP contribution in [0.25, 0.3) is 10.3 Å². The van der Waals surface area contributed by atoms with Gasteiger partial charge in [-0.3, -0.25) is 23.9 Å². The Bertz CT molecular complexity index is 964. The number of nitrogens with zero attached hydrogens (tertiary/aromatic N) is 2. The normalized spacial score (nSPS) is 24.8. The van der Waals surface area contributed by atoms with Crippen molar-refractivity contribution >= 4 is 33.6 Å². The zero-order valence-electron chi connectivity index (χ0n) is 15.2. The van der Waals surface area contributed by atoms with E-state index in [1.807, 2.05) is 6.92 Å². The largest absolute Gasteiger partial charge is 0.460 e. The molecule has 5 atom stereocenters. The molecule has 1 aliphatic heterocycles. The molecule has 2 aromatic rings. The van der Waals surface area contributed by atoms with E-state index in [9.17, 15) is 19.5 Å². The van der Waals surface area contributed by atoms with E-state index in [0.29, 0.717) is 12.8 Å². The van der Waals surface area contributed by atoms with Gasteiger partial charge in [0, 0.05) is 12.8 Å². The standard InChI is InChI=1S/C16H22N4O6S/c1-4-9(25-7(3)22)10-5-8(6(2)21)14(26-10)20-12-11(27-16(20)24)13(23)19-15(17)18-12/h6,8-10,14,21H,4-5H2,1-3H3,(H3,17,18,19,23)/t6-,8+,9+,10+,14-/m1/s1. The van der Waals surface area contributed by atoms with E-state index in [0.717, 1.165) is 11.3 Å². The molecule has 0 radical (unpaired) electrons. The van der Waals surface area contributed by atoms with Crippen LogP contribution in [0.3, 0.4) is 0 Å². The number of H-pyrrole nitrogens is 1. The summed E-state index contributed by atoms with van der Waals surface area (Å²) in [5.41, 5.74) is 5.23. The highest BCUT2D eigenvalue weighted by atomic mass is 32.1. The molecule has 2 aromatic heterocycles. The highest BCUT2D eigenvalue weighted by Crippen LogP contribution is 2.39. The van der Waals surface area contributed by atoms with Gasteiger partial charge in [0.05, 0.1) is 12.2 Å². The number of carbonyl (C=O) groups excluding carboxylic acids is 1. The lowest BCUT2D eigenvalue weighted by molar-refractivity contribution is -0.156. The predicted molar refractivity (Wildman–Crippen MR) is 98.5 cm³/mol. The average molecular weight is 398 g/mol. The summed E-state index contributed by atoms with van der Waals surface area (Å²) in [5, 5.41) is 10.2. The molecule has 0 unspecified atom stereocenters. The fourth-order valence-electron chi connectivity index (χ4n) is 3.45. The zero-order valence-corrected chi connectivity index (χ0v) is 16.0. The number of hydrogen-bond acceptors (Lipinski definition) is 9. The van der Waals surface area contributed by atoms with Crippen LogP contribution < -0.4 is 16.2 Å². The number of nitrogens with two attached hydrogens (primary N) is 1. The topological polar surface area (TPSA) is 150 Å². The number of aliphatic hydroxyl groups is 1. The van der Waals surface area contributed by atoms with Crippen LogP contribution in [0.15, 0.2) is 9.59 Å². The van der Waals surface area contributed by atoms with Crippen molar-refractivity contribution in [2.24, 2.45) is 5.92 Å². The van der Waals surface area contributed by atoms with Crippen molar-refractivity contribution in [1.29, 1.82) is 0 Å². The number of carbonyl (C=O) groups is 1. The average Bonchev–Trinajstić information content (AvgIpc) is 3.13. The molecule has 148 valence electrons. The molecule has 0 spiro atoms. The first-order chi connectivity index (χ1) is 12.7. The fraction of sp³-hybridized carbons (Fsp3) is 0.625. The Morgan fingerprint density at radius 3 is 2.85 bits per heavy atom. The third kappa shape index (κ3) is 3.62. The van der Waals surface area contributed by atoms with E-state index in [4.69, 9.17) is 15.2 Å². The van der Waals surface area contributed by atoms with Gasteiger partial charge in [-0.2, -0.15) is 4.98 Å². The number of aromatic nitrogens is 3. The number of hydrogen-bond donors (Lipinski definition) is 3. The maximum absolute atomic E-state index is 12.6. The summed E-state index contributed by atoms with van der Waals surface area (Å²) in [6, 6.07) is 0. The lowest BCUT2D eigenvalue weighted by atomic mass is 9.95. The highest BCUT2D eigenvalue weighted by Gasteiger charge is 2.44. The molecule has 0 bridgehead atoms. The number of fused-ring (bicyclic) bond motifs is 1. The molecule has 11 heteroatoms. The minimum atomic E-state index is -0.852. The molecule has 0 aliphatic carbocycles. The van der Waals surface area contributed by atoms with Gasteiger partial charge in [0.1, 0.15) is 17.0 Å². The molecular weight excluding hydrogens is 376 g/mol. The number of aromatic amines is 1. The predicted octanol–water partition coefficient (Wildman–Crippen LogP) is 0.355. The Hall–Kier alpha value is -2.24. The first-order valence-corrected chi connectivity index (χ1v) is 9.46. The summed E-state index contributed by atoms with van der Waals surface area (Å²) in [4.78, 5) is 42.0. The SMILES string of the molecule is CC[C@H](OC(C)=O)[C@@H]1C[C@@H]([C@@H](C)O)[C@H](n2c(=O)sc3c(=O)[nH]c(N)nc32)O1. The van der Waals surface area contributed by atoms with Crippen molar-refractivity contribution in [3.05, 3.63) is 20.0 Å². The number of nitrogens with one attached hydrogen (secondary N) is 1. The lowest BCUT2D eigenvalue weighted by Crippen LogP contribution is -2.31. The van der Waals surface area contributed by atoms with Crippen LogP contribution in [0, 0.1) is 5.92 Å². The van der Waals surface area contributed by atoms with E-state index in [-0.39, 0.29) is 16.3 Å². The van der Waals surface area contributed by atoms with E-state index < -0.39 is 46.9 Å². The Morgan fingerprint density at radius 2 is 2.26 bits per heavy atom. The third-order valence-corrected chi connectivity index (χ3v) is 5.63. The molecule has 1 aliphatic rings. The van der Waals surface area contributed by atoms with Gasteiger partial charge in [-0.15, -0.1) is 0 Å². The van der Waals surface area contributed by atoms with Gasteiger partial charge in [-0.05, 0) is 19.8 Å². The third-order valence-electron chi connectivity index (χ3n) is 4.68. The van der Waals surface area contributed by atoms with Gasteiger partial charge >= 0.3 is 10.8 Å². The second-order valence-electron chi connectivity index (χ2n) is 6.60. The highest BCUT2D eigenvalue weighted by molar-refractivity contribution is 7.16. The first kappa shape index (κ1) is 19.5. The minimum absolute atomic E-state index is 0.114. The number of anilines is 1. The Balaban J connectivity index is 2.06. The number of rotatable bonds is 5. The monoisotopic (exact) mass is 398 g/mol. The number of nitrogen functional groups attached to an aromatic ring is 1. The van der Waals surface area contributed by atoms with Crippen LogP contribution in [-0.4, -0.2) is 43.9 Å². The summed E-state index contributed by atoms with van der Waals surface area (Å²) in [7, 11) is 0. The maximum atomic E-state index is 12.6. The van der Waals surface area contributed by atoms with Crippen molar-refractivity contribution in [3.8, 4) is 0 Å². The van der Waals surface area contributed by atoms with E-state index in [1.54, 1.807) is 6.92 Å². The first-order valence-electron chi connectivity index (χ1n) is 8.64. The lowest BCUT2D eigenvalue weighted by Gasteiger charge is -2.23.